The summed E-state index contributed by atoms with van der Waals surface area (Å²) in [5.74, 6) is 1.45. The van der Waals surface area contributed by atoms with E-state index in [-0.39, 0.29) is 29.0 Å². The number of anilines is 1. The van der Waals surface area contributed by atoms with Crippen molar-refractivity contribution in [2.45, 2.75) is 90.0 Å². The van der Waals surface area contributed by atoms with Crippen LogP contribution >= 0.6 is 0 Å². The molecule has 1 saturated carbocycles. The summed E-state index contributed by atoms with van der Waals surface area (Å²) in [6.45, 7) is 12.2. The average Bonchev–Trinajstić information content (AvgIpc) is 2.68. The summed E-state index contributed by atoms with van der Waals surface area (Å²) in [7, 11) is 1.88. The third kappa shape index (κ3) is 5.81. The maximum atomic E-state index is 11.5. The molecule has 7 heteroatoms. The lowest BCUT2D eigenvalue weighted by Gasteiger charge is -2.48. The molecule has 1 spiro atoms. The topological polar surface area (TPSA) is 95.5 Å². The van der Waals surface area contributed by atoms with Gasteiger partial charge < -0.3 is 25.8 Å². The van der Waals surface area contributed by atoms with E-state index in [0.717, 1.165) is 48.5 Å². The second-order valence-electron chi connectivity index (χ2n) is 10.6. The van der Waals surface area contributed by atoms with Crippen molar-refractivity contribution in [2.75, 3.05) is 18.9 Å². The van der Waals surface area contributed by atoms with Crippen molar-refractivity contribution in [3.8, 4) is 5.75 Å². The third-order valence-corrected chi connectivity index (χ3v) is 6.39. The lowest BCUT2D eigenvalue weighted by molar-refractivity contribution is -0.120. The number of nitrogens with one attached hydrogen (secondary N) is 3. The summed E-state index contributed by atoms with van der Waals surface area (Å²) in [5.41, 5.74) is 2.08. The molecule has 0 bridgehead atoms. The van der Waals surface area contributed by atoms with Crippen LogP contribution in [0.2, 0.25) is 0 Å². The minimum atomic E-state index is -0.722. The van der Waals surface area contributed by atoms with Gasteiger partial charge in [0.05, 0.1) is 12.1 Å². The van der Waals surface area contributed by atoms with Crippen LogP contribution in [0.5, 0.6) is 5.75 Å². The van der Waals surface area contributed by atoms with Crippen LogP contribution in [0.1, 0.15) is 77.1 Å². The van der Waals surface area contributed by atoms with Gasteiger partial charge in [0.1, 0.15) is 5.60 Å². The van der Waals surface area contributed by atoms with Crippen molar-refractivity contribution >= 4 is 11.7 Å². The molecular weight excluding hydrogens is 404 g/mol. The van der Waals surface area contributed by atoms with Gasteiger partial charge in [-0.3, -0.25) is 4.79 Å². The number of carbonyl (C=O) groups is 1. The Morgan fingerprint density at radius 2 is 2.16 bits per heavy atom. The Balaban J connectivity index is 1.86. The van der Waals surface area contributed by atoms with Gasteiger partial charge in [0.15, 0.2) is 11.6 Å². The van der Waals surface area contributed by atoms with Crippen molar-refractivity contribution in [2.24, 2.45) is 5.41 Å². The highest BCUT2D eigenvalue weighted by molar-refractivity contribution is 5.73. The Morgan fingerprint density at radius 3 is 2.69 bits per heavy atom. The molecule has 1 aliphatic carbocycles. The van der Waals surface area contributed by atoms with Crippen LogP contribution in [-0.2, 0) is 11.2 Å². The van der Waals surface area contributed by atoms with Crippen molar-refractivity contribution in [1.29, 1.82) is 0 Å². The summed E-state index contributed by atoms with van der Waals surface area (Å²) >= 11 is 0. The zero-order valence-corrected chi connectivity index (χ0v) is 20.3. The van der Waals surface area contributed by atoms with E-state index in [0.29, 0.717) is 13.0 Å². The molecule has 0 aromatic carbocycles. The number of aliphatic hydroxyl groups excluding tert-OH is 1. The molecule has 2 aliphatic rings. The second-order valence-corrected chi connectivity index (χ2v) is 10.6. The number of amides is 1. The minimum absolute atomic E-state index is 0.0456. The maximum Gasteiger partial charge on any atom is 0.217 e. The summed E-state index contributed by atoms with van der Waals surface area (Å²) < 4.78 is 6.54. The summed E-state index contributed by atoms with van der Waals surface area (Å²) in [6, 6.07) is 1.84. The van der Waals surface area contributed by atoms with E-state index in [9.17, 15) is 9.90 Å². The molecule has 1 aromatic rings. The van der Waals surface area contributed by atoms with E-state index < -0.39 is 6.10 Å². The highest BCUT2D eigenvalue weighted by atomic mass is 16.5. The number of aromatic nitrogens is 1. The molecule has 1 aromatic heterocycles. The number of carbonyl (C=O) groups excluding carboxylic acids is 1. The average molecular weight is 445 g/mol. The molecule has 3 atom stereocenters. The fraction of sp³-hybridized carbons (Fsp3) is 0.680. The van der Waals surface area contributed by atoms with Crippen molar-refractivity contribution in [3.05, 3.63) is 30.0 Å². The van der Waals surface area contributed by atoms with Gasteiger partial charge in [-0.25, -0.2) is 4.98 Å². The molecule has 1 amide bonds. The normalized spacial score (nSPS) is 21.0. The van der Waals surface area contributed by atoms with Crippen LogP contribution in [0.4, 0.5) is 5.82 Å². The number of pyridine rings is 1. The number of hydrogen-bond donors (Lipinski definition) is 4. The summed E-state index contributed by atoms with van der Waals surface area (Å²) in [5, 5.41) is 20.5. The number of hydrogen-bond acceptors (Lipinski definition) is 6. The van der Waals surface area contributed by atoms with Gasteiger partial charge in [-0.1, -0.05) is 26.8 Å². The van der Waals surface area contributed by atoms with Crippen LogP contribution in [0.25, 0.3) is 0 Å². The van der Waals surface area contributed by atoms with Gasteiger partial charge >= 0.3 is 0 Å². The van der Waals surface area contributed by atoms with E-state index in [1.165, 1.54) is 13.3 Å². The Bertz CT molecular complexity index is 829. The van der Waals surface area contributed by atoms with Gasteiger partial charge in [0.25, 0.3) is 0 Å². The molecule has 1 fully saturated rings. The first-order valence-electron chi connectivity index (χ1n) is 11.8. The lowest BCUT2D eigenvalue weighted by atomic mass is 9.72. The number of ether oxygens (including phenoxy) is 1. The van der Waals surface area contributed by atoms with Gasteiger partial charge in [-0.2, -0.15) is 0 Å². The first kappa shape index (κ1) is 24.5. The van der Waals surface area contributed by atoms with E-state index in [2.05, 4.69) is 49.4 Å². The van der Waals surface area contributed by atoms with Crippen LogP contribution < -0.4 is 20.7 Å². The lowest BCUT2D eigenvalue weighted by Crippen LogP contribution is -2.51. The van der Waals surface area contributed by atoms with Gasteiger partial charge in [0.2, 0.25) is 5.91 Å². The first-order chi connectivity index (χ1) is 15.1. The quantitative estimate of drug-likeness (QED) is 0.436. The van der Waals surface area contributed by atoms with Gasteiger partial charge in [-0.05, 0) is 43.6 Å². The van der Waals surface area contributed by atoms with E-state index in [1.54, 1.807) is 6.08 Å². The van der Waals surface area contributed by atoms with Crippen LogP contribution in [0, 0.1) is 5.41 Å². The minimum Gasteiger partial charge on any atom is -0.483 e. The zero-order chi connectivity index (χ0) is 23.5. The van der Waals surface area contributed by atoms with Crippen molar-refractivity contribution in [3.63, 3.8) is 0 Å². The standard InChI is InChI=1S/C25H40N4O3/c1-7-9-19(28-16(2)30)21(31)15-27-20-14-25(10-8-11-25)32-22-18(20)12-17(13-24(3,4)5)29-23(22)26-6/h7,12,19-21,27,31H,1,8-11,13-15H2,2-6H3,(H,26,29)(H,28,30)/t19-,20-,21+/m0/s1. The molecule has 1 aliphatic heterocycles. The first-order valence-corrected chi connectivity index (χ1v) is 11.8. The van der Waals surface area contributed by atoms with Crippen LogP contribution in [0.15, 0.2) is 18.7 Å². The summed E-state index contributed by atoms with van der Waals surface area (Å²) in [6.07, 6.45) is 6.47. The molecule has 0 radical (unpaired) electrons. The second kappa shape index (κ2) is 9.79. The van der Waals surface area contributed by atoms with E-state index in [1.807, 2.05) is 7.05 Å². The number of rotatable bonds is 9. The molecular formula is C25H40N4O3. The Morgan fingerprint density at radius 1 is 1.44 bits per heavy atom. The predicted molar refractivity (Wildman–Crippen MR) is 128 cm³/mol. The van der Waals surface area contributed by atoms with Crippen molar-refractivity contribution in [1.82, 2.24) is 15.6 Å². The fourth-order valence-corrected chi connectivity index (χ4v) is 4.74. The van der Waals surface area contributed by atoms with Crippen molar-refractivity contribution < 1.29 is 14.6 Å². The molecule has 3 rings (SSSR count). The van der Waals surface area contributed by atoms with E-state index >= 15 is 0 Å². The van der Waals surface area contributed by atoms with Gasteiger partial charge in [0, 0.05) is 44.2 Å². The third-order valence-electron chi connectivity index (χ3n) is 6.39. The molecule has 0 unspecified atom stereocenters. The molecule has 7 nitrogen and oxygen atoms in total. The Labute approximate surface area is 192 Å². The predicted octanol–water partition coefficient (Wildman–Crippen LogP) is 3.49. The Hall–Kier alpha value is -2.12. The molecule has 2 heterocycles. The highest BCUT2D eigenvalue weighted by Crippen LogP contribution is 2.51. The monoisotopic (exact) mass is 444 g/mol. The van der Waals surface area contributed by atoms with Crippen LogP contribution in [0.3, 0.4) is 0 Å². The molecule has 32 heavy (non-hydrogen) atoms. The van der Waals surface area contributed by atoms with Gasteiger partial charge in [-0.15, -0.1) is 6.58 Å². The number of nitrogens with zero attached hydrogens (tertiary/aromatic N) is 1. The highest BCUT2D eigenvalue weighted by Gasteiger charge is 2.46. The smallest absolute Gasteiger partial charge is 0.217 e. The van der Waals surface area contributed by atoms with E-state index in [4.69, 9.17) is 9.72 Å². The SMILES string of the molecule is C=CC[C@H](NC(C)=O)[C@H](O)CN[C@H]1CC2(CCC2)Oc2c1cc(CC(C)(C)C)nc2NC. The molecule has 178 valence electrons. The fourth-order valence-electron chi connectivity index (χ4n) is 4.74. The summed E-state index contributed by atoms with van der Waals surface area (Å²) in [4.78, 5) is 16.4. The largest absolute Gasteiger partial charge is 0.483 e. The molecule has 0 saturated heterocycles. The number of fused-ring (bicyclic) bond motifs is 1. The number of aliphatic hydroxyl groups is 1. The molecule has 4 N–H and O–H groups in total. The van der Waals surface area contributed by atoms with Crippen LogP contribution in [-0.4, -0.2) is 47.3 Å². The zero-order valence-electron chi connectivity index (χ0n) is 20.3. The maximum absolute atomic E-state index is 11.5. The Kier molecular flexibility index (Phi) is 7.50.